The van der Waals surface area contributed by atoms with Crippen molar-refractivity contribution in [1.82, 2.24) is 9.80 Å². The number of phenolic OH excluding ortho intramolecular Hbond substituents is 1. The van der Waals surface area contributed by atoms with Gasteiger partial charge in [-0.3, -0.25) is 9.59 Å². The van der Waals surface area contributed by atoms with E-state index in [9.17, 15) is 24.3 Å². The summed E-state index contributed by atoms with van der Waals surface area (Å²) in [6, 6.07) is 8.65. The molecule has 0 atom stereocenters. The first-order chi connectivity index (χ1) is 20.9. The van der Waals surface area contributed by atoms with Crippen molar-refractivity contribution in [3.8, 4) is 34.3 Å². The number of methoxy groups -OCH3 is 1. The Labute approximate surface area is 253 Å². The van der Waals surface area contributed by atoms with Gasteiger partial charge in [0, 0.05) is 49.9 Å². The van der Waals surface area contributed by atoms with Crippen molar-refractivity contribution in [2.24, 2.45) is 0 Å². The number of carbonyl (C=O) groups is 3. The van der Waals surface area contributed by atoms with E-state index in [1.807, 2.05) is 0 Å². The van der Waals surface area contributed by atoms with E-state index in [2.05, 4.69) is 0 Å². The van der Waals surface area contributed by atoms with Crippen LogP contribution in [0.1, 0.15) is 27.7 Å². The monoisotopic (exact) mass is 612 g/mol. The number of fused-ring (bicyclic) bond motifs is 1. The van der Waals surface area contributed by atoms with Crippen molar-refractivity contribution < 1.29 is 47.6 Å². The van der Waals surface area contributed by atoms with Gasteiger partial charge in [0.05, 0.1) is 13.7 Å². The number of nitrogens with zero attached hydrogens (tertiary/aromatic N) is 2. The number of ether oxygens (including phenoxy) is 5. The third kappa shape index (κ3) is 7.91. The number of rotatable bonds is 9. The predicted octanol–water partition coefficient (Wildman–Crippen LogP) is 3.57. The van der Waals surface area contributed by atoms with Gasteiger partial charge in [0.25, 0.3) is 5.91 Å². The first kappa shape index (κ1) is 32.0. The number of hydrogen-bond donors (Lipinski definition) is 1. The summed E-state index contributed by atoms with van der Waals surface area (Å²) in [5, 5.41) is 10.5. The average Bonchev–Trinajstić information content (AvgIpc) is 2.97. The van der Waals surface area contributed by atoms with Crippen LogP contribution >= 0.6 is 0 Å². The minimum atomic E-state index is -0.611. The number of phenols is 1. The molecule has 1 aliphatic rings. The van der Waals surface area contributed by atoms with Crippen molar-refractivity contribution in [2.45, 2.75) is 33.3 Å². The van der Waals surface area contributed by atoms with Gasteiger partial charge >= 0.3 is 12.1 Å². The highest BCUT2D eigenvalue weighted by Crippen LogP contribution is 2.35. The van der Waals surface area contributed by atoms with Crippen molar-refractivity contribution in [1.29, 1.82) is 0 Å². The summed E-state index contributed by atoms with van der Waals surface area (Å²) in [7, 11) is 1.45. The molecule has 3 aromatic rings. The number of piperazine rings is 1. The summed E-state index contributed by atoms with van der Waals surface area (Å²) < 4.78 is 32.8. The van der Waals surface area contributed by atoms with E-state index in [1.165, 1.54) is 25.3 Å². The van der Waals surface area contributed by atoms with Gasteiger partial charge in [-0.25, -0.2) is 9.59 Å². The quantitative estimate of drug-likeness (QED) is 0.353. The molecule has 0 aliphatic carbocycles. The van der Waals surface area contributed by atoms with Gasteiger partial charge in [-0.1, -0.05) is 0 Å². The predicted molar refractivity (Wildman–Crippen MR) is 158 cm³/mol. The molecule has 236 valence electrons. The zero-order valence-electron chi connectivity index (χ0n) is 25.3. The van der Waals surface area contributed by atoms with E-state index in [0.717, 1.165) is 0 Å². The lowest BCUT2D eigenvalue weighted by Gasteiger charge is -2.35. The molecule has 1 N–H and O–H groups in total. The lowest BCUT2D eigenvalue weighted by atomic mass is 10.1. The van der Waals surface area contributed by atoms with Crippen LogP contribution in [0.15, 0.2) is 45.6 Å². The van der Waals surface area contributed by atoms with Gasteiger partial charge in [-0.2, -0.15) is 0 Å². The summed E-state index contributed by atoms with van der Waals surface area (Å²) >= 11 is 0. The molecule has 13 heteroatoms. The third-order valence-corrected chi connectivity index (χ3v) is 6.53. The highest BCUT2D eigenvalue weighted by Gasteiger charge is 2.28. The van der Waals surface area contributed by atoms with Gasteiger partial charge in [0.1, 0.15) is 33.8 Å². The topological polar surface area (TPSA) is 154 Å². The Morgan fingerprint density at radius 2 is 1.64 bits per heavy atom. The van der Waals surface area contributed by atoms with E-state index in [0.29, 0.717) is 37.5 Å². The molecule has 1 aliphatic heterocycles. The number of benzene rings is 2. The molecule has 0 radical (unpaired) electrons. The Bertz CT molecular complexity index is 1580. The molecule has 0 unspecified atom stereocenters. The Balaban J connectivity index is 1.47. The van der Waals surface area contributed by atoms with Crippen molar-refractivity contribution in [3.63, 3.8) is 0 Å². The van der Waals surface area contributed by atoms with Gasteiger partial charge in [0.15, 0.2) is 30.1 Å². The molecule has 1 saturated heterocycles. The lowest BCUT2D eigenvalue weighted by molar-refractivity contribution is -0.145. The van der Waals surface area contributed by atoms with Crippen LogP contribution in [-0.4, -0.2) is 91.6 Å². The molecular formula is C31H36N2O11. The zero-order chi connectivity index (χ0) is 32.0. The van der Waals surface area contributed by atoms with Crippen LogP contribution in [0.25, 0.3) is 22.3 Å². The molecule has 44 heavy (non-hydrogen) atoms. The van der Waals surface area contributed by atoms with E-state index >= 15 is 0 Å². The van der Waals surface area contributed by atoms with Crippen molar-refractivity contribution in [3.05, 3.63) is 46.6 Å². The van der Waals surface area contributed by atoms with E-state index in [-0.39, 0.29) is 59.7 Å². The number of hydrogen-bond acceptors (Lipinski definition) is 11. The van der Waals surface area contributed by atoms with Crippen LogP contribution < -0.4 is 19.6 Å². The Morgan fingerprint density at radius 3 is 2.30 bits per heavy atom. The maximum absolute atomic E-state index is 12.9. The summed E-state index contributed by atoms with van der Waals surface area (Å²) in [5.41, 5.74) is -0.643. The van der Waals surface area contributed by atoms with Crippen LogP contribution in [0.2, 0.25) is 0 Å². The Hall–Kier alpha value is -4.94. The fraction of sp³-hybridized carbons (Fsp3) is 0.419. The second kappa shape index (κ2) is 13.6. The van der Waals surface area contributed by atoms with Gasteiger partial charge in [0.2, 0.25) is 0 Å². The zero-order valence-corrected chi connectivity index (χ0v) is 25.3. The summed E-state index contributed by atoms with van der Waals surface area (Å²) in [5.74, 6) is -0.383. The molecule has 0 saturated carbocycles. The number of carbonyl (C=O) groups excluding carboxylic acids is 3. The standard InChI is InChI=1S/C31H36N2O11/c1-6-40-28(37)18-42-25-13-19(7-8-23(25)39-5)24-16-22(35)29-21(34)14-20(15-26(29)43-24)41-17-27(36)32-9-11-33(12-10-32)30(38)44-31(2,3)4/h7-8,13-16,34H,6,9-12,17-18H2,1-5H3. The number of amides is 2. The Kier molecular flexibility index (Phi) is 9.87. The lowest BCUT2D eigenvalue weighted by Crippen LogP contribution is -2.52. The molecule has 2 heterocycles. The summed E-state index contributed by atoms with van der Waals surface area (Å²) in [4.78, 5) is 52.9. The largest absolute Gasteiger partial charge is 0.507 e. The second-order valence-electron chi connectivity index (χ2n) is 10.9. The Morgan fingerprint density at radius 1 is 0.932 bits per heavy atom. The molecule has 4 rings (SSSR count). The highest BCUT2D eigenvalue weighted by atomic mass is 16.6. The minimum absolute atomic E-state index is 0.0331. The molecule has 1 fully saturated rings. The fourth-order valence-corrected chi connectivity index (χ4v) is 4.45. The molecule has 1 aromatic heterocycles. The summed E-state index contributed by atoms with van der Waals surface area (Å²) in [6.45, 7) is 7.87. The van der Waals surface area contributed by atoms with Crippen LogP contribution in [-0.2, 0) is 19.1 Å². The third-order valence-electron chi connectivity index (χ3n) is 6.53. The first-order valence-corrected chi connectivity index (χ1v) is 14.0. The second-order valence-corrected chi connectivity index (χ2v) is 10.9. The van der Waals surface area contributed by atoms with Crippen molar-refractivity contribution >= 4 is 28.9 Å². The van der Waals surface area contributed by atoms with Crippen LogP contribution in [0.4, 0.5) is 4.79 Å². The SMILES string of the molecule is CCOC(=O)COc1cc(-c2cc(=O)c3c(O)cc(OCC(=O)N4CCN(C(=O)OC(C)(C)C)CC4)cc3o2)ccc1OC. The average molecular weight is 613 g/mol. The normalized spacial score (nSPS) is 13.4. The van der Waals surface area contributed by atoms with E-state index < -0.39 is 23.1 Å². The molecular weight excluding hydrogens is 576 g/mol. The van der Waals surface area contributed by atoms with Gasteiger partial charge < -0.3 is 43.0 Å². The van der Waals surface area contributed by atoms with Crippen LogP contribution in [0, 0.1) is 0 Å². The first-order valence-electron chi connectivity index (χ1n) is 14.0. The maximum atomic E-state index is 12.9. The number of esters is 1. The maximum Gasteiger partial charge on any atom is 0.410 e. The molecule has 13 nitrogen and oxygen atoms in total. The van der Waals surface area contributed by atoms with E-state index in [1.54, 1.807) is 55.7 Å². The fourth-order valence-electron chi connectivity index (χ4n) is 4.45. The highest BCUT2D eigenvalue weighted by molar-refractivity contribution is 5.86. The summed E-state index contributed by atoms with van der Waals surface area (Å²) in [6.07, 6.45) is -0.427. The number of aromatic hydroxyl groups is 1. The van der Waals surface area contributed by atoms with E-state index in [4.69, 9.17) is 28.1 Å². The van der Waals surface area contributed by atoms with Gasteiger partial charge in [-0.15, -0.1) is 0 Å². The van der Waals surface area contributed by atoms with Gasteiger partial charge in [-0.05, 0) is 45.9 Å². The minimum Gasteiger partial charge on any atom is -0.507 e. The van der Waals surface area contributed by atoms with Crippen LogP contribution in [0.5, 0.6) is 23.0 Å². The van der Waals surface area contributed by atoms with Crippen LogP contribution in [0.3, 0.4) is 0 Å². The molecule has 2 amide bonds. The molecule has 2 aromatic carbocycles. The smallest absolute Gasteiger partial charge is 0.410 e. The molecule has 0 spiro atoms. The molecule has 0 bridgehead atoms. The van der Waals surface area contributed by atoms with Crippen molar-refractivity contribution in [2.75, 3.05) is 53.1 Å².